The minimum absolute atomic E-state index is 0.105. The second-order valence-corrected chi connectivity index (χ2v) is 9.99. The molecule has 0 fully saturated rings. The zero-order valence-corrected chi connectivity index (χ0v) is 11.9. The highest BCUT2D eigenvalue weighted by Gasteiger charge is 2.83. The van der Waals surface area contributed by atoms with Gasteiger partial charge < -0.3 is 0 Å². The van der Waals surface area contributed by atoms with Crippen molar-refractivity contribution in [1.29, 1.82) is 0 Å². The molecule has 0 saturated carbocycles. The van der Waals surface area contributed by atoms with Gasteiger partial charge in [-0.1, -0.05) is 26.1 Å². The Labute approximate surface area is 111 Å². The average molecular weight is 333 g/mol. The molecule has 10 heteroatoms. The molecule has 1 atom stereocenters. The minimum Gasteiger partial charge on any atom is -0.241 e. The maximum atomic E-state index is 13.6. The fraction of sp³-hybridized carbons (Fsp3) is 0.900. The van der Waals surface area contributed by atoms with Gasteiger partial charge in [0, 0.05) is 0 Å². The molecular weight excluding hydrogens is 319 g/mol. The normalized spacial score (nSPS) is 17.2. The van der Waals surface area contributed by atoms with E-state index in [-0.39, 0.29) is 6.92 Å². The average Bonchev–Trinajstić information content (AvgIpc) is 2.27. The summed E-state index contributed by atoms with van der Waals surface area (Å²) in [6.45, 7) is 4.08. The summed E-state index contributed by atoms with van der Waals surface area (Å²) in [4.78, 5) is 0. The van der Waals surface area contributed by atoms with Gasteiger partial charge in [0.05, 0.1) is 0 Å². The highest BCUT2D eigenvalue weighted by Crippen LogP contribution is 2.56. The lowest BCUT2D eigenvalue weighted by Gasteiger charge is -2.42. The first-order valence-electron chi connectivity index (χ1n) is 5.45. The number of hydrogen-bond acceptors (Lipinski definition) is 0. The van der Waals surface area contributed by atoms with Crippen LogP contribution in [0.2, 0.25) is 19.1 Å². The van der Waals surface area contributed by atoms with Crippen molar-refractivity contribution in [2.24, 2.45) is 0 Å². The van der Waals surface area contributed by atoms with Crippen LogP contribution in [0.15, 0.2) is 0 Å². The van der Waals surface area contributed by atoms with E-state index in [4.69, 9.17) is 0 Å². The van der Waals surface area contributed by atoms with Gasteiger partial charge in [0.1, 0.15) is 8.07 Å². The Morgan fingerprint density at radius 2 is 1.25 bits per heavy atom. The van der Waals surface area contributed by atoms with Gasteiger partial charge in [-0.2, -0.15) is 26.3 Å². The molecule has 0 aliphatic carbocycles. The Balaban J connectivity index is 5.98. The predicted molar refractivity (Wildman–Crippen MR) is 58.0 cm³/mol. The minimum atomic E-state index is -6.53. The summed E-state index contributed by atoms with van der Waals surface area (Å²) in [5.74, 6) is -18.8. The topological polar surface area (TPSA) is 0 Å². The molecule has 0 saturated heterocycles. The highest BCUT2D eigenvalue weighted by molar-refractivity contribution is 6.80. The van der Waals surface area contributed by atoms with E-state index < -0.39 is 43.6 Å². The van der Waals surface area contributed by atoms with E-state index in [0.717, 1.165) is 0 Å². The lowest BCUT2D eigenvalue weighted by molar-refractivity contribution is -0.360. The molecular formula is C10H14F9Si. The van der Waals surface area contributed by atoms with Crippen molar-refractivity contribution in [1.82, 2.24) is 0 Å². The standard InChI is InChI=1S/C10H14F9Si/c1-5-20(3,4)10(18,19)9(16,17)8(14,15)7(12,13)6(2)11/h6H,1,5H2,2-4H3. The molecule has 1 radical (unpaired) electrons. The van der Waals surface area contributed by atoms with Crippen molar-refractivity contribution in [3.63, 3.8) is 0 Å². The molecule has 0 spiro atoms. The molecule has 0 N–H and O–H groups in total. The van der Waals surface area contributed by atoms with E-state index in [2.05, 4.69) is 6.92 Å². The largest absolute Gasteiger partial charge is 0.380 e. The van der Waals surface area contributed by atoms with E-state index in [1.807, 2.05) is 0 Å². The zero-order valence-electron chi connectivity index (χ0n) is 10.9. The van der Waals surface area contributed by atoms with Crippen molar-refractivity contribution in [2.45, 2.75) is 55.5 Å². The molecule has 0 aromatic rings. The number of alkyl halides is 9. The van der Waals surface area contributed by atoms with Gasteiger partial charge in [-0.3, -0.25) is 0 Å². The molecule has 0 aliphatic heterocycles. The van der Waals surface area contributed by atoms with Crippen molar-refractivity contribution in [3.05, 3.63) is 6.92 Å². The van der Waals surface area contributed by atoms with Crippen molar-refractivity contribution in [3.8, 4) is 0 Å². The monoisotopic (exact) mass is 333 g/mol. The van der Waals surface area contributed by atoms with Crippen molar-refractivity contribution in [2.75, 3.05) is 0 Å². The van der Waals surface area contributed by atoms with Gasteiger partial charge in [-0.25, -0.2) is 13.2 Å². The molecule has 0 aliphatic rings. The fourth-order valence-corrected chi connectivity index (χ4v) is 2.56. The third-order valence-corrected chi connectivity index (χ3v) is 6.45. The Morgan fingerprint density at radius 3 is 1.50 bits per heavy atom. The molecule has 1 unspecified atom stereocenters. The SMILES string of the molecule is [CH2]C[Si](C)(C)C(F)(F)C(F)(F)C(F)(F)C(F)(F)C(C)F. The third kappa shape index (κ3) is 2.43. The first kappa shape index (κ1) is 19.6. The summed E-state index contributed by atoms with van der Waals surface area (Å²) in [7, 11) is -4.39. The fourth-order valence-electron chi connectivity index (χ4n) is 1.24. The van der Waals surface area contributed by atoms with Gasteiger partial charge in [-0.15, -0.1) is 0 Å². The highest BCUT2D eigenvalue weighted by atomic mass is 28.3. The lowest BCUT2D eigenvalue weighted by Crippen LogP contribution is -2.70. The van der Waals surface area contributed by atoms with E-state index in [9.17, 15) is 39.5 Å². The van der Waals surface area contributed by atoms with Crippen LogP contribution in [-0.2, 0) is 0 Å². The van der Waals surface area contributed by atoms with E-state index in [0.29, 0.717) is 13.1 Å². The first-order chi connectivity index (χ1) is 8.50. The molecule has 20 heavy (non-hydrogen) atoms. The summed E-state index contributed by atoms with van der Waals surface area (Å²) in [5.41, 5.74) is -5.39. The molecule has 0 heterocycles. The Hall–Kier alpha value is -0.413. The molecule has 0 bridgehead atoms. The predicted octanol–water partition coefficient (Wildman–Crippen LogP) is 4.97. The summed E-state index contributed by atoms with van der Waals surface area (Å²) in [5, 5.41) is 0. The molecule has 0 amide bonds. The molecule has 0 nitrogen and oxygen atoms in total. The van der Waals surface area contributed by atoms with Crippen LogP contribution in [0.5, 0.6) is 0 Å². The second kappa shape index (κ2) is 5.10. The Morgan fingerprint density at radius 1 is 0.900 bits per heavy atom. The maximum absolute atomic E-state index is 13.6. The molecule has 0 aromatic heterocycles. The molecule has 0 aromatic carbocycles. The number of halogens is 9. The van der Waals surface area contributed by atoms with Crippen LogP contribution in [0, 0.1) is 6.92 Å². The maximum Gasteiger partial charge on any atom is 0.380 e. The Kier molecular flexibility index (Phi) is 4.99. The quantitative estimate of drug-likeness (QED) is 0.476. The zero-order chi connectivity index (χ0) is 16.8. The van der Waals surface area contributed by atoms with E-state index in [1.54, 1.807) is 0 Å². The van der Waals surface area contributed by atoms with Gasteiger partial charge in [0.25, 0.3) is 5.55 Å². The van der Waals surface area contributed by atoms with Crippen LogP contribution in [0.1, 0.15) is 6.92 Å². The van der Waals surface area contributed by atoms with Crippen molar-refractivity contribution >= 4 is 8.07 Å². The second-order valence-electron chi connectivity index (χ2n) is 5.10. The Bertz CT molecular complexity index is 349. The number of hydrogen-bond donors (Lipinski definition) is 0. The van der Waals surface area contributed by atoms with Crippen molar-refractivity contribution < 1.29 is 39.5 Å². The smallest absolute Gasteiger partial charge is 0.241 e. The third-order valence-electron chi connectivity index (χ3n) is 3.18. The van der Waals surface area contributed by atoms with E-state index >= 15 is 0 Å². The summed E-state index contributed by atoms with van der Waals surface area (Å²) in [6.07, 6.45) is -3.72. The lowest BCUT2D eigenvalue weighted by atomic mass is 10.0. The first-order valence-corrected chi connectivity index (χ1v) is 8.66. The summed E-state index contributed by atoms with van der Waals surface area (Å²) in [6, 6.07) is -0.789. The summed E-state index contributed by atoms with van der Waals surface area (Å²) < 4.78 is 119. The van der Waals surface area contributed by atoms with Crippen LogP contribution in [-0.4, -0.2) is 37.6 Å². The van der Waals surface area contributed by atoms with E-state index in [1.165, 1.54) is 0 Å². The van der Waals surface area contributed by atoms with Gasteiger partial charge in [-0.05, 0) is 6.92 Å². The van der Waals surface area contributed by atoms with Crippen LogP contribution < -0.4 is 0 Å². The van der Waals surface area contributed by atoms with Crippen LogP contribution in [0.4, 0.5) is 39.5 Å². The van der Waals surface area contributed by atoms with Crippen LogP contribution >= 0.6 is 0 Å². The molecule has 121 valence electrons. The van der Waals surface area contributed by atoms with Crippen LogP contribution in [0.3, 0.4) is 0 Å². The molecule has 0 rings (SSSR count). The van der Waals surface area contributed by atoms with Gasteiger partial charge >= 0.3 is 17.8 Å². The van der Waals surface area contributed by atoms with Crippen LogP contribution in [0.25, 0.3) is 0 Å². The summed E-state index contributed by atoms with van der Waals surface area (Å²) >= 11 is 0. The van der Waals surface area contributed by atoms with Gasteiger partial charge in [0.2, 0.25) is 0 Å². The number of rotatable bonds is 6. The van der Waals surface area contributed by atoms with Gasteiger partial charge in [0.15, 0.2) is 6.17 Å².